The maximum Gasteiger partial charge on any atom is 0.228 e. The van der Waals surface area contributed by atoms with E-state index in [2.05, 4.69) is 10.6 Å². The van der Waals surface area contributed by atoms with Crippen LogP contribution in [0.3, 0.4) is 0 Å². The van der Waals surface area contributed by atoms with Crippen molar-refractivity contribution in [1.82, 2.24) is 5.32 Å². The van der Waals surface area contributed by atoms with Crippen LogP contribution in [0.2, 0.25) is 0 Å². The highest BCUT2D eigenvalue weighted by Gasteiger charge is 2.34. The summed E-state index contributed by atoms with van der Waals surface area (Å²) in [6.07, 6.45) is 0.347. The Morgan fingerprint density at radius 3 is 2.50 bits per heavy atom. The van der Waals surface area contributed by atoms with Gasteiger partial charge in [0.1, 0.15) is 6.17 Å². The van der Waals surface area contributed by atoms with Gasteiger partial charge in [0.2, 0.25) is 9.70 Å². The molecule has 0 saturated heterocycles. The van der Waals surface area contributed by atoms with Crippen LogP contribution in [0.4, 0.5) is 5.69 Å². The zero-order chi connectivity index (χ0) is 15.3. The maximum atomic E-state index is 11.7. The zero-order valence-corrected chi connectivity index (χ0v) is 14.0. The summed E-state index contributed by atoms with van der Waals surface area (Å²) in [5.74, 6) is -0.151. The number of carbonyl (C=O) groups excluding carboxylic acids is 1. The van der Waals surface area contributed by atoms with Gasteiger partial charge in [-0.15, -0.1) is 0 Å². The van der Waals surface area contributed by atoms with Gasteiger partial charge in [0, 0.05) is 12.1 Å². The minimum absolute atomic E-state index is 0.151. The first-order chi connectivity index (χ1) is 9.24. The molecule has 0 aromatic heterocycles. The van der Waals surface area contributed by atoms with Crippen molar-refractivity contribution in [3.8, 4) is 0 Å². The number of hydrogen-bond donors (Lipinski definition) is 2. The Morgan fingerprint density at radius 1 is 1.30 bits per heavy atom. The van der Waals surface area contributed by atoms with Crippen LogP contribution in [0.15, 0.2) is 18.2 Å². The van der Waals surface area contributed by atoms with Crippen molar-refractivity contribution in [2.45, 2.75) is 43.6 Å². The van der Waals surface area contributed by atoms with Crippen LogP contribution in [-0.4, -0.2) is 15.9 Å². The van der Waals surface area contributed by atoms with Gasteiger partial charge in [-0.1, -0.05) is 53.9 Å². The van der Waals surface area contributed by atoms with Gasteiger partial charge in [-0.3, -0.25) is 4.79 Å². The number of carbonyl (C=O) groups is 1. The molecule has 0 saturated carbocycles. The fourth-order valence-electron chi connectivity index (χ4n) is 1.71. The van der Waals surface area contributed by atoms with E-state index in [1.807, 2.05) is 39.0 Å². The summed E-state index contributed by atoms with van der Waals surface area (Å²) < 4.78 is -1.64. The molecule has 1 rings (SSSR count). The van der Waals surface area contributed by atoms with Crippen molar-refractivity contribution >= 4 is 46.4 Å². The topological polar surface area (TPSA) is 41.1 Å². The summed E-state index contributed by atoms with van der Waals surface area (Å²) in [6, 6.07) is 5.92. The van der Waals surface area contributed by atoms with Crippen molar-refractivity contribution in [2.24, 2.45) is 0 Å². The minimum atomic E-state index is -1.64. The molecule has 0 fully saturated rings. The third-order valence-electron chi connectivity index (χ3n) is 2.80. The van der Waals surface area contributed by atoms with Gasteiger partial charge < -0.3 is 10.6 Å². The predicted octanol–water partition coefficient (Wildman–Crippen LogP) is 4.33. The number of benzene rings is 1. The fourth-order valence-corrected chi connectivity index (χ4v) is 2.03. The van der Waals surface area contributed by atoms with E-state index in [4.69, 9.17) is 34.8 Å². The van der Waals surface area contributed by atoms with Crippen LogP contribution >= 0.6 is 34.8 Å². The SMILES string of the molecule is CCCC(=O)N[C@@H](Nc1cc(C)ccc1C)C(Cl)(Cl)Cl. The smallest absolute Gasteiger partial charge is 0.228 e. The van der Waals surface area contributed by atoms with Gasteiger partial charge in [0.25, 0.3) is 0 Å². The average Bonchev–Trinajstić information content (AvgIpc) is 2.32. The summed E-state index contributed by atoms with van der Waals surface area (Å²) in [7, 11) is 0. The third-order valence-corrected chi connectivity index (χ3v) is 3.46. The van der Waals surface area contributed by atoms with Gasteiger partial charge in [0.05, 0.1) is 0 Å². The van der Waals surface area contributed by atoms with Gasteiger partial charge in [0.15, 0.2) is 0 Å². The van der Waals surface area contributed by atoms with Crippen LogP contribution < -0.4 is 10.6 Å². The molecule has 0 radical (unpaired) electrons. The Labute approximate surface area is 135 Å². The minimum Gasteiger partial charge on any atom is -0.362 e. The Kier molecular flexibility index (Phi) is 6.44. The molecular formula is C14H19Cl3N2O. The number of amides is 1. The Hall–Kier alpha value is -0.640. The molecule has 3 nitrogen and oxygen atoms in total. The molecule has 1 aromatic rings. The fraction of sp³-hybridized carbons (Fsp3) is 0.500. The van der Waals surface area contributed by atoms with E-state index in [1.54, 1.807) is 0 Å². The average molecular weight is 338 g/mol. The van der Waals surface area contributed by atoms with Gasteiger partial charge in [-0.2, -0.15) is 0 Å². The summed E-state index contributed by atoms with van der Waals surface area (Å²) in [6.45, 7) is 5.84. The van der Waals surface area contributed by atoms with Gasteiger partial charge in [-0.05, 0) is 37.5 Å². The zero-order valence-electron chi connectivity index (χ0n) is 11.8. The molecule has 112 valence electrons. The number of aryl methyl sites for hydroxylation is 2. The first kappa shape index (κ1) is 17.4. The number of alkyl halides is 3. The van der Waals surface area contributed by atoms with Crippen LogP contribution in [0.5, 0.6) is 0 Å². The van der Waals surface area contributed by atoms with Crippen molar-refractivity contribution < 1.29 is 4.79 Å². The van der Waals surface area contributed by atoms with Crippen molar-refractivity contribution in [2.75, 3.05) is 5.32 Å². The quantitative estimate of drug-likeness (QED) is 0.620. The molecule has 0 unspecified atom stereocenters. The Bertz CT molecular complexity index is 472. The number of rotatable bonds is 5. The molecule has 6 heteroatoms. The largest absolute Gasteiger partial charge is 0.362 e. The molecule has 1 amide bonds. The molecule has 2 N–H and O–H groups in total. The third kappa shape index (κ3) is 5.39. The van der Waals surface area contributed by atoms with Gasteiger partial charge in [-0.25, -0.2) is 0 Å². The van der Waals surface area contributed by atoms with Crippen molar-refractivity contribution in [3.05, 3.63) is 29.3 Å². The number of nitrogens with one attached hydrogen (secondary N) is 2. The normalized spacial score (nSPS) is 12.9. The van der Waals surface area contributed by atoms with Crippen LogP contribution in [0.1, 0.15) is 30.9 Å². The second kappa shape index (κ2) is 7.39. The van der Waals surface area contributed by atoms with Crippen LogP contribution in [0, 0.1) is 13.8 Å². The Morgan fingerprint density at radius 2 is 1.95 bits per heavy atom. The molecule has 0 aliphatic carbocycles. The first-order valence-electron chi connectivity index (χ1n) is 6.44. The lowest BCUT2D eigenvalue weighted by molar-refractivity contribution is -0.121. The standard InChI is InChI=1S/C14H19Cl3N2O/c1-4-5-12(20)19-13(14(15,16)17)18-11-8-9(2)6-7-10(11)3/h6-8,13,18H,4-5H2,1-3H3,(H,19,20)/t13-/m1/s1. The molecule has 20 heavy (non-hydrogen) atoms. The Balaban J connectivity index is 2.90. The van der Waals surface area contributed by atoms with Crippen LogP contribution in [-0.2, 0) is 4.79 Å². The number of halogens is 3. The highest BCUT2D eigenvalue weighted by Crippen LogP contribution is 2.32. The van der Waals surface area contributed by atoms with E-state index in [9.17, 15) is 4.79 Å². The van der Waals surface area contributed by atoms with E-state index < -0.39 is 9.96 Å². The predicted molar refractivity (Wildman–Crippen MR) is 86.7 cm³/mol. The lowest BCUT2D eigenvalue weighted by Crippen LogP contribution is -2.49. The lowest BCUT2D eigenvalue weighted by Gasteiger charge is -2.28. The molecule has 1 atom stereocenters. The lowest BCUT2D eigenvalue weighted by atomic mass is 10.1. The van der Waals surface area contributed by atoms with E-state index in [-0.39, 0.29) is 5.91 Å². The molecule has 0 bridgehead atoms. The van der Waals surface area contributed by atoms with Crippen LogP contribution in [0.25, 0.3) is 0 Å². The number of hydrogen-bond acceptors (Lipinski definition) is 2. The highest BCUT2D eigenvalue weighted by atomic mass is 35.6. The van der Waals surface area contributed by atoms with E-state index >= 15 is 0 Å². The van der Waals surface area contributed by atoms with E-state index in [0.717, 1.165) is 23.2 Å². The molecule has 0 heterocycles. The summed E-state index contributed by atoms with van der Waals surface area (Å²) in [5, 5.41) is 5.80. The monoisotopic (exact) mass is 336 g/mol. The van der Waals surface area contributed by atoms with E-state index in [0.29, 0.717) is 6.42 Å². The molecular weight excluding hydrogens is 319 g/mol. The summed E-state index contributed by atoms with van der Waals surface area (Å²) in [4.78, 5) is 11.7. The van der Waals surface area contributed by atoms with Crippen molar-refractivity contribution in [3.63, 3.8) is 0 Å². The highest BCUT2D eigenvalue weighted by molar-refractivity contribution is 6.68. The second-order valence-electron chi connectivity index (χ2n) is 4.75. The second-order valence-corrected chi connectivity index (χ2v) is 7.12. The molecule has 0 aliphatic heterocycles. The first-order valence-corrected chi connectivity index (χ1v) is 7.57. The number of anilines is 1. The summed E-state index contributed by atoms with van der Waals surface area (Å²) in [5.41, 5.74) is 2.93. The van der Waals surface area contributed by atoms with Crippen molar-refractivity contribution in [1.29, 1.82) is 0 Å². The maximum absolute atomic E-state index is 11.7. The van der Waals surface area contributed by atoms with E-state index in [1.165, 1.54) is 0 Å². The summed E-state index contributed by atoms with van der Waals surface area (Å²) >= 11 is 17.8. The molecule has 0 spiro atoms. The molecule has 0 aliphatic rings. The molecule has 1 aromatic carbocycles. The van der Waals surface area contributed by atoms with Gasteiger partial charge >= 0.3 is 0 Å².